The first-order valence-electron chi connectivity index (χ1n) is 8.56. The number of benzene rings is 2. The zero-order valence-corrected chi connectivity index (χ0v) is 15.6. The lowest BCUT2D eigenvalue weighted by Gasteiger charge is -2.23. The molecule has 0 spiro atoms. The largest absolute Gasteiger partial charge is 0.416 e. The SMILES string of the molecule is CCN(C(=O)C(C)Sc1nnc(Cc2ccccc2)o1)c1ccccc1. The van der Waals surface area contributed by atoms with E-state index in [2.05, 4.69) is 10.2 Å². The van der Waals surface area contributed by atoms with Crippen LogP contribution in [0.25, 0.3) is 0 Å². The molecule has 0 bridgehead atoms. The van der Waals surface area contributed by atoms with Crippen LogP contribution in [0.4, 0.5) is 5.69 Å². The molecule has 3 aromatic rings. The lowest BCUT2D eigenvalue weighted by Crippen LogP contribution is -2.36. The second-order valence-corrected chi connectivity index (χ2v) is 7.09. The van der Waals surface area contributed by atoms with Crippen molar-refractivity contribution in [2.75, 3.05) is 11.4 Å². The first-order chi connectivity index (χ1) is 12.7. The molecule has 0 saturated heterocycles. The molecule has 5 nitrogen and oxygen atoms in total. The van der Waals surface area contributed by atoms with E-state index in [-0.39, 0.29) is 11.2 Å². The van der Waals surface area contributed by atoms with Crippen molar-refractivity contribution in [3.63, 3.8) is 0 Å². The number of carbonyl (C=O) groups excluding carboxylic acids is 1. The van der Waals surface area contributed by atoms with Crippen LogP contribution < -0.4 is 4.90 Å². The van der Waals surface area contributed by atoms with Gasteiger partial charge in [-0.3, -0.25) is 4.79 Å². The number of thioether (sulfide) groups is 1. The molecule has 1 atom stereocenters. The molecule has 0 saturated carbocycles. The predicted molar refractivity (Wildman–Crippen MR) is 103 cm³/mol. The molecule has 1 heterocycles. The summed E-state index contributed by atoms with van der Waals surface area (Å²) in [7, 11) is 0. The Bertz CT molecular complexity index is 837. The number of anilines is 1. The number of nitrogens with zero attached hydrogens (tertiary/aromatic N) is 3. The number of carbonyl (C=O) groups is 1. The van der Waals surface area contributed by atoms with E-state index in [1.165, 1.54) is 11.8 Å². The van der Waals surface area contributed by atoms with E-state index < -0.39 is 0 Å². The van der Waals surface area contributed by atoms with Crippen LogP contribution in [0.2, 0.25) is 0 Å². The van der Waals surface area contributed by atoms with Gasteiger partial charge in [0.1, 0.15) is 0 Å². The Morgan fingerprint density at radius 2 is 1.73 bits per heavy atom. The smallest absolute Gasteiger partial charge is 0.277 e. The van der Waals surface area contributed by atoms with E-state index in [0.29, 0.717) is 24.1 Å². The zero-order valence-electron chi connectivity index (χ0n) is 14.8. The number of rotatable bonds is 7. The standard InChI is InChI=1S/C20H21N3O2S/c1-3-23(17-12-8-5-9-13-17)19(24)15(2)26-20-22-21-18(25-20)14-16-10-6-4-7-11-16/h4-13,15H,3,14H2,1-2H3. The third kappa shape index (κ3) is 4.52. The fourth-order valence-corrected chi connectivity index (χ4v) is 3.39. The molecule has 1 unspecified atom stereocenters. The van der Waals surface area contributed by atoms with Crippen LogP contribution in [0, 0.1) is 0 Å². The summed E-state index contributed by atoms with van der Waals surface area (Å²) in [6, 6.07) is 19.6. The molecule has 0 radical (unpaired) electrons. The number of hydrogen-bond acceptors (Lipinski definition) is 5. The summed E-state index contributed by atoms with van der Waals surface area (Å²) in [5.41, 5.74) is 2.00. The maximum Gasteiger partial charge on any atom is 0.277 e. The summed E-state index contributed by atoms with van der Waals surface area (Å²) < 4.78 is 5.70. The van der Waals surface area contributed by atoms with Crippen LogP contribution in [0.5, 0.6) is 0 Å². The van der Waals surface area contributed by atoms with Gasteiger partial charge < -0.3 is 9.32 Å². The molecule has 0 N–H and O–H groups in total. The Morgan fingerprint density at radius 1 is 1.08 bits per heavy atom. The van der Waals surface area contributed by atoms with Crippen LogP contribution in [-0.4, -0.2) is 27.9 Å². The topological polar surface area (TPSA) is 59.2 Å². The van der Waals surface area contributed by atoms with Gasteiger partial charge >= 0.3 is 0 Å². The van der Waals surface area contributed by atoms with Gasteiger partial charge in [-0.1, -0.05) is 60.3 Å². The normalized spacial score (nSPS) is 11.9. The highest BCUT2D eigenvalue weighted by Gasteiger charge is 2.23. The zero-order chi connectivity index (χ0) is 18.4. The summed E-state index contributed by atoms with van der Waals surface area (Å²) >= 11 is 1.29. The van der Waals surface area contributed by atoms with Gasteiger partial charge in [0, 0.05) is 12.2 Å². The van der Waals surface area contributed by atoms with Crippen LogP contribution in [-0.2, 0) is 11.2 Å². The Morgan fingerprint density at radius 3 is 2.38 bits per heavy atom. The second kappa shape index (κ2) is 8.67. The van der Waals surface area contributed by atoms with Gasteiger partial charge in [0.25, 0.3) is 5.22 Å². The van der Waals surface area contributed by atoms with Crippen molar-refractivity contribution >= 4 is 23.4 Å². The molecule has 26 heavy (non-hydrogen) atoms. The van der Waals surface area contributed by atoms with Crippen molar-refractivity contribution in [3.05, 3.63) is 72.1 Å². The average Bonchev–Trinajstić information content (AvgIpc) is 3.10. The molecule has 2 aromatic carbocycles. The lowest BCUT2D eigenvalue weighted by atomic mass is 10.2. The Labute approximate surface area is 157 Å². The maximum absolute atomic E-state index is 12.8. The summed E-state index contributed by atoms with van der Waals surface area (Å²) in [4.78, 5) is 14.6. The third-order valence-corrected chi connectivity index (χ3v) is 4.84. The summed E-state index contributed by atoms with van der Waals surface area (Å²) in [6.45, 7) is 4.43. The summed E-state index contributed by atoms with van der Waals surface area (Å²) in [6.07, 6.45) is 0.585. The third-order valence-electron chi connectivity index (χ3n) is 3.92. The highest BCUT2D eigenvalue weighted by molar-refractivity contribution is 8.00. The van der Waals surface area contributed by atoms with Gasteiger partial charge in [0.15, 0.2) is 0 Å². The minimum atomic E-state index is -0.319. The predicted octanol–water partition coefficient (Wildman–Crippen LogP) is 4.19. The lowest BCUT2D eigenvalue weighted by molar-refractivity contribution is -0.117. The van der Waals surface area contributed by atoms with Crippen molar-refractivity contribution in [2.45, 2.75) is 30.7 Å². The number of aromatic nitrogens is 2. The van der Waals surface area contributed by atoms with E-state index in [9.17, 15) is 4.79 Å². The maximum atomic E-state index is 12.8. The molecule has 134 valence electrons. The van der Waals surface area contributed by atoms with Crippen molar-refractivity contribution < 1.29 is 9.21 Å². The van der Waals surface area contributed by atoms with Crippen molar-refractivity contribution in [3.8, 4) is 0 Å². The Kier molecular flexibility index (Phi) is 6.07. The fraction of sp³-hybridized carbons (Fsp3) is 0.250. The number of para-hydroxylation sites is 1. The molecule has 0 aliphatic rings. The first-order valence-corrected chi connectivity index (χ1v) is 9.44. The minimum Gasteiger partial charge on any atom is -0.416 e. The molecule has 6 heteroatoms. The minimum absolute atomic E-state index is 0.0199. The van der Waals surface area contributed by atoms with Crippen LogP contribution in [0.1, 0.15) is 25.3 Å². The highest BCUT2D eigenvalue weighted by Crippen LogP contribution is 2.25. The van der Waals surface area contributed by atoms with Crippen LogP contribution in [0.3, 0.4) is 0 Å². The molecule has 1 aromatic heterocycles. The van der Waals surface area contributed by atoms with Crippen molar-refractivity contribution in [1.29, 1.82) is 0 Å². The molecule has 0 fully saturated rings. The Hall–Kier alpha value is -2.60. The van der Waals surface area contributed by atoms with E-state index in [1.54, 1.807) is 4.90 Å². The molecule has 0 aliphatic carbocycles. The second-order valence-electron chi connectivity index (χ2n) is 5.80. The van der Waals surface area contributed by atoms with Gasteiger partial charge in [-0.05, 0) is 31.5 Å². The fourth-order valence-electron chi connectivity index (χ4n) is 2.62. The molecule has 1 amide bonds. The average molecular weight is 367 g/mol. The quantitative estimate of drug-likeness (QED) is 0.586. The highest BCUT2D eigenvalue weighted by atomic mass is 32.2. The van der Waals surface area contributed by atoms with E-state index in [4.69, 9.17) is 4.42 Å². The number of hydrogen-bond donors (Lipinski definition) is 0. The Balaban J connectivity index is 1.64. The molecular formula is C20H21N3O2S. The van der Waals surface area contributed by atoms with E-state index in [1.807, 2.05) is 74.5 Å². The van der Waals surface area contributed by atoms with Gasteiger partial charge in [-0.25, -0.2) is 0 Å². The molecule has 3 rings (SSSR count). The monoisotopic (exact) mass is 367 g/mol. The van der Waals surface area contributed by atoms with Gasteiger partial charge in [0.2, 0.25) is 11.8 Å². The summed E-state index contributed by atoms with van der Waals surface area (Å²) in [5, 5.41) is 8.25. The van der Waals surface area contributed by atoms with Gasteiger partial charge in [0.05, 0.1) is 11.7 Å². The van der Waals surface area contributed by atoms with Gasteiger partial charge in [-0.2, -0.15) is 0 Å². The first kappa shape index (κ1) is 18.2. The molecule has 0 aliphatic heterocycles. The van der Waals surface area contributed by atoms with Crippen LogP contribution in [0.15, 0.2) is 70.3 Å². The van der Waals surface area contributed by atoms with Crippen LogP contribution >= 0.6 is 11.8 Å². The van der Waals surface area contributed by atoms with E-state index in [0.717, 1.165) is 11.3 Å². The van der Waals surface area contributed by atoms with Crippen molar-refractivity contribution in [1.82, 2.24) is 10.2 Å². The molecular weight excluding hydrogens is 346 g/mol. The number of amides is 1. The van der Waals surface area contributed by atoms with Crippen molar-refractivity contribution in [2.24, 2.45) is 0 Å². The van der Waals surface area contributed by atoms with Gasteiger partial charge in [-0.15, -0.1) is 10.2 Å². The summed E-state index contributed by atoms with van der Waals surface area (Å²) in [5.74, 6) is 0.570. The van der Waals surface area contributed by atoms with E-state index >= 15 is 0 Å².